The van der Waals surface area contributed by atoms with Crippen LogP contribution in [0, 0.1) is 17.3 Å². The Labute approximate surface area is 200 Å². The molecule has 1 amide bonds. The molecule has 178 valence electrons. The molecule has 1 aliphatic heterocycles. The van der Waals surface area contributed by atoms with Crippen molar-refractivity contribution >= 4 is 35.8 Å². The Morgan fingerprint density at radius 2 is 2.12 bits per heavy atom. The van der Waals surface area contributed by atoms with Gasteiger partial charge >= 0.3 is 7.12 Å². The highest BCUT2D eigenvalue weighted by atomic mass is 32.2. The number of carbonyl (C=O) groups is 1. The predicted octanol–water partition coefficient (Wildman–Crippen LogP) is 3.84. The third-order valence-corrected chi connectivity index (χ3v) is 9.37. The van der Waals surface area contributed by atoms with Crippen molar-refractivity contribution in [3.63, 3.8) is 0 Å². The maximum absolute atomic E-state index is 12.8. The lowest BCUT2D eigenvalue weighted by atomic mass is 9.43. The Morgan fingerprint density at radius 3 is 2.91 bits per heavy atom. The molecule has 0 spiro atoms. The van der Waals surface area contributed by atoms with Crippen LogP contribution in [0.25, 0.3) is 11.0 Å². The number of furan rings is 1. The van der Waals surface area contributed by atoms with Crippen LogP contribution in [0.2, 0.25) is 0 Å². The minimum absolute atomic E-state index is 0.0346. The van der Waals surface area contributed by atoms with Gasteiger partial charge in [0.2, 0.25) is 5.91 Å². The van der Waals surface area contributed by atoms with Crippen LogP contribution >= 0.6 is 11.8 Å². The third-order valence-electron chi connectivity index (χ3n) is 8.32. The van der Waals surface area contributed by atoms with E-state index in [2.05, 4.69) is 26.1 Å². The van der Waals surface area contributed by atoms with E-state index in [0.29, 0.717) is 30.4 Å². The van der Waals surface area contributed by atoms with Gasteiger partial charge in [0.05, 0.1) is 29.7 Å². The molecule has 2 heterocycles. The Balaban J connectivity index is 1.34. The normalized spacial score (nSPS) is 30.7. The topological polar surface area (TPSA) is 80.9 Å². The van der Waals surface area contributed by atoms with Gasteiger partial charge in [-0.05, 0) is 67.2 Å². The molecular formula is C25H34BNO5S. The molecule has 4 aliphatic rings. The summed E-state index contributed by atoms with van der Waals surface area (Å²) >= 11 is 1.53. The Morgan fingerprint density at radius 1 is 1.30 bits per heavy atom. The van der Waals surface area contributed by atoms with Crippen LogP contribution in [0.4, 0.5) is 0 Å². The highest BCUT2D eigenvalue weighted by molar-refractivity contribution is 7.99. The summed E-state index contributed by atoms with van der Waals surface area (Å²) in [6, 6.07) is 7.96. The fourth-order valence-corrected chi connectivity index (χ4v) is 7.04. The summed E-state index contributed by atoms with van der Waals surface area (Å²) in [6.07, 6.45) is 5.33. The number of hydrogen-bond donors (Lipinski definition) is 2. The van der Waals surface area contributed by atoms with Gasteiger partial charge in [-0.3, -0.25) is 4.79 Å². The summed E-state index contributed by atoms with van der Waals surface area (Å²) in [5, 5.41) is 13.2. The summed E-state index contributed by atoms with van der Waals surface area (Å²) < 4.78 is 19.0. The summed E-state index contributed by atoms with van der Waals surface area (Å²) in [7, 11) is -0.491. The molecular weight excluding hydrogens is 437 g/mol. The second kappa shape index (κ2) is 8.95. The molecule has 2 bridgehead atoms. The van der Waals surface area contributed by atoms with Gasteiger partial charge in [0.1, 0.15) is 5.58 Å². The Kier molecular flexibility index (Phi) is 6.31. The van der Waals surface area contributed by atoms with Crippen LogP contribution < -0.4 is 5.32 Å². The van der Waals surface area contributed by atoms with E-state index >= 15 is 0 Å². The van der Waals surface area contributed by atoms with E-state index in [0.717, 1.165) is 28.7 Å². The van der Waals surface area contributed by atoms with E-state index in [1.54, 1.807) is 6.26 Å². The van der Waals surface area contributed by atoms with Gasteiger partial charge in [0.25, 0.3) is 0 Å². The molecule has 33 heavy (non-hydrogen) atoms. The number of aliphatic hydroxyl groups is 1. The number of rotatable bonds is 9. The summed E-state index contributed by atoms with van der Waals surface area (Å²) in [5.74, 6) is 1.92. The molecule has 0 unspecified atom stereocenters. The molecule has 2 N–H and O–H groups in total. The molecule has 0 radical (unpaired) electrons. The standard InChI is InChI=1S/C25H34BNO5S/c1-24(2)17-12-20(24)25(3)21(13-17)31-26(32-25)22(27-23(29)15-33-10-6-9-28)11-16-14-30-19-8-5-4-7-18(16)19/h4-5,7-8,14,17,20-22,28H,6,9-13,15H2,1-3H3,(H,27,29)/t17-,20-,21+,22-,25-/m0/s1. The number of carbonyl (C=O) groups excluding carboxylic acids is 1. The summed E-state index contributed by atoms with van der Waals surface area (Å²) in [6.45, 7) is 7.05. The molecule has 8 heteroatoms. The number of hydrogen-bond acceptors (Lipinski definition) is 6. The smallest absolute Gasteiger partial charge is 0.464 e. The molecule has 5 atom stereocenters. The first-order valence-electron chi connectivity index (χ1n) is 12.1. The maximum atomic E-state index is 12.8. The molecule has 6 rings (SSSR count). The van der Waals surface area contributed by atoms with Gasteiger partial charge in [-0.15, -0.1) is 0 Å². The van der Waals surface area contributed by atoms with E-state index in [4.69, 9.17) is 18.8 Å². The molecule has 1 aromatic carbocycles. The van der Waals surface area contributed by atoms with Crippen LogP contribution in [-0.4, -0.2) is 53.9 Å². The number of para-hydroxylation sites is 1. The number of benzene rings is 1. The highest BCUT2D eigenvalue weighted by Crippen LogP contribution is 2.65. The van der Waals surface area contributed by atoms with E-state index in [9.17, 15) is 4.79 Å². The zero-order valence-corrected chi connectivity index (χ0v) is 20.5. The molecule has 3 aliphatic carbocycles. The first-order chi connectivity index (χ1) is 15.8. The average Bonchev–Trinajstić information content (AvgIpc) is 3.36. The minimum atomic E-state index is -0.491. The number of fused-ring (bicyclic) bond motifs is 1. The molecule has 1 aromatic heterocycles. The Hall–Kier alpha value is -1.48. The van der Waals surface area contributed by atoms with E-state index in [1.165, 1.54) is 18.2 Å². The molecule has 1 saturated heterocycles. The molecule has 3 saturated carbocycles. The maximum Gasteiger partial charge on any atom is 0.482 e. The van der Waals surface area contributed by atoms with Crippen molar-refractivity contribution < 1.29 is 23.6 Å². The van der Waals surface area contributed by atoms with Crippen molar-refractivity contribution in [2.45, 2.75) is 64.1 Å². The van der Waals surface area contributed by atoms with Gasteiger partial charge in [0.15, 0.2) is 0 Å². The van der Waals surface area contributed by atoms with Gasteiger partial charge in [-0.1, -0.05) is 32.0 Å². The lowest BCUT2D eigenvalue weighted by Gasteiger charge is -2.64. The van der Waals surface area contributed by atoms with Crippen molar-refractivity contribution in [2.75, 3.05) is 18.1 Å². The minimum Gasteiger partial charge on any atom is -0.464 e. The van der Waals surface area contributed by atoms with Crippen molar-refractivity contribution in [3.8, 4) is 0 Å². The largest absolute Gasteiger partial charge is 0.482 e. The number of amides is 1. The fraction of sp³-hybridized carbons (Fsp3) is 0.640. The van der Waals surface area contributed by atoms with E-state index in [-0.39, 0.29) is 35.6 Å². The quantitative estimate of drug-likeness (QED) is 0.427. The van der Waals surface area contributed by atoms with Gasteiger partial charge < -0.3 is 24.1 Å². The lowest BCUT2D eigenvalue weighted by molar-refractivity contribution is -0.199. The fourth-order valence-electron chi connectivity index (χ4n) is 6.29. The molecule has 4 fully saturated rings. The average molecular weight is 471 g/mol. The van der Waals surface area contributed by atoms with Gasteiger partial charge in [-0.2, -0.15) is 11.8 Å². The van der Waals surface area contributed by atoms with Crippen LogP contribution in [0.3, 0.4) is 0 Å². The molecule has 6 nitrogen and oxygen atoms in total. The van der Waals surface area contributed by atoms with E-state index in [1.807, 2.05) is 24.3 Å². The van der Waals surface area contributed by atoms with Crippen molar-refractivity contribution in [1.29, 1.82) is 0 Å². The molecule has 2 aromatic rings. The first kappa shape index (κ1) is 23.3. The van der Waals surface area contributed by atoms with E-state index < -0.39 is 7.12 Å². The highest BCUT2D eigenvalue weighted by Gasteiger charge is 2.68. The van der Waals surface area contributed by atoms with Crippen LogP contribution in [0.5, 0.6) is 0 Å². The van der Waals surface area contributed by atoms with Crippen molar-refractivity contribution in [3.05, 3.63) is 36.1 Å². The second-order valence-electron chi connectivity index (χ2n) is 10.6. The van der Waals surface area contributed by atoms with Gasteiger partial charge in [0, 0.05) is 12.0 Å². The Bertz CT molecular complexity index is 1010. The van der Waals surface area contributed by atoms with Crippen LogP contribution in [0.1, 0.15) is 45.6 Å². The first-order valence-corrected chi connectivity index (χ1v) is 13.2. The third kappa shape index (κ3) is 4.13. The lowest BCUT2D eigenvalue weighted by Crippen LogP contribution is -2.65. The monoisotopic (exact) mass is 471 g/mol. The van der Waals surface area contributed by atoms with Crippen molar-refractivity contribution in [1.82, 2.24) is 5.32 Å². The van der Waals surface area contributed by atoms with Crippen molar-refractivity contribution in [2.24, 2.45) is 17.3 Å². The van der Waals surface area contributed by atoms with Crippen LogP contribution in [-0.2, 0) is 20.5 Å². The number of aliphatic hydroxyl groups excluding tert-OH is 1. The SMILES string of the molecule is CC1(C)[C@@H]2C[C@H]3OB([C@H](Cc4coc5ccccc45)NC(=O)CSCCCO)O[C@@]3(C)[C@H]1C2. The van der Waals surface area contributed by atoms with Crippen LogP contribution in [0.15, 0.2) is 34.9 Å². The summed E-state index contributed by atoms with van der Waals surface area (Å²) in [5.41, 5.74) is 1.83. The number of thioether (sulfide) groups is 1. The zero-order valence-electron chi connectivity index (χ0n) is 19.7. The summed E-state index contributed by atoms with van der Waals surface area (Å²) in [4.78, 5) is 12.8. The predicted molar refractivity (Wildman–Crippen MR) is 131 cm³/mol. The zero-order chi connectivity index (χ0) is 23.2. The van der Waals surface area contributed by atoms with Gasteiger partial charge in [-0.25, -0.2) is 0 Å². The second-order valence-corrected chi connectivity index (χ2v) is 11.7. The number of nitrogens with one attached hydrogen (secondary N) is 1.